The highest BCUT2D eigenvalue weighted by Gasteiger charge is 2.50. The molecule has 0 saturated heterocycles. The minimum Gasteiger partial charge on any atom is -0.472 e. The Kier molecular flexibility index (Phi) is 3.62. The Morgan fingerprint density at radius 3 is 2.89 bits per heavy atom. The largest absolute Gasteiger partial charge is 0.472 e. The Morgan fingerprint density at radius 2 is 2.33 bits per heavy atom. The summed E-state index contributed by atoms with van der Waals surface area (Å²) in [6.45, 7) is 6.13. The van der Waals surface area contributed by atoms with Gasteiger partial charge in [0.2, 0.25) is 0 Å². The summed E-state index contributed by atoms with van der Waals surface area (Å²) in [7, 11) is 0. The molecule has 1 aliphatic carbocycles. The molecule has 0 spiro atoms. The second kappa shape index (κ2) is 4.88. The van der Waals surface area contributed by atoms with Gasteiger partial charge in [-0.25, -0.2) is 0 Å². The van der Waals surface area contributed by atoms with Crippen LogP contribution in [0, 0.1) is 17.8 Å². The average Bonchev–Trinajstić information content (AvgIpc) is 2.86. The molecule has 0 aromatic carbocycles. The summed E-state index contributed by atoms with van der Waals surface area (Å²) < 4.78 is 5.07. The Balaban J connectivity index is 2.27. The zero-order valence-corrected chi connectivity index (χ0v) is 11.3. The molecule has 0 aliphatic heterocycles. The van der Waals surface area contributed by atoms with E-state index in [1.54, 1.807) is 18.6 Å². The third kappa shape index (κ3) is 2.24. The number of hydrogen-bond acceptors (Lipinski definition) is 3. The summed E-state index contributed by atoms with van der Waals surface area (Å²) in [4.78, 5) is 12.4. The van der Waals surface area contributed by atoms with Crippen LogP contribution < -0.4 is 0 Å². The smallest absolute Gasteiger partial charge is 0.139 e. The lowest BCUT2D eigenvalue weighted by molar-refractivity contribution is -0.133. The molecule has 3 nitrogen and oxygen atoms in total. The molecule has 18 heavy (non-hydrogen) atoms. The zero-order valence-electron chi connectivity index (χ0n) is 11.3. The lowest BCUT2D eigenvalue weighted by Crippen LogP contribution is -2.38. The Labute approximate surface area is 108 Å². The summed E-state index contributed by atoms with van der Waals surface area (Å²) in [5.41, 5.74) is -0.285. The van der Waals surface area contributed by atoms with Crippen molar-refractivity contribution in [1.29, 1.82) is 0 Å². The van der Waals surface area contributed by atoms with Crippen LogP contribution in [0.3, 0.4) is 0 Å². The van der Waals surface area contributed by atoms with Crippen LogP contribution in [0.5, 0.6) is 0 Å². The van der Waals surface area contributed by atoms with Crippen LogP contribution >= 0.6 is 0 Å². The fourth-order valence-electron chi connectivity index (χ4n) is 3.19. The maximum Gasteiger partial charge on any atom is 0.139 e. The Morgan fingerprint density at radius 1 is 1.61 bits per heavy atom. The summed E-state index contributed by atoms with van der Waals surface area (Å²) in [5, 5.41) is 10.9. The average molecular weight is 250 g/mol. The van der Waals surface area contributed by atoms with Gasteiger partial charge >= 0.3 is 0 Å². The van der Waals surface area contributed by atoms with Gasteiger partial charge in [0.1, 0.15) is 11.4 Å². The van der Waals surface area contributed by atoms with Crippen molar-refractivity contribution < 1.29 is 14.3 Å². The van der Waals surface area contributed by atoms with Gasteiger partial charge in [0.05, 0.1) is 18.4 Å². The monoisotopic (exact) mass is 250 g/mol. The number of rotatable bonds is 4. The topological polar surface area (TPSA) is 50.4 Å². The van der Waals surface area contributed by atoms with Crippen molar-refractivity contribution in [1.82, 2.24) is 0 Å². The van der Waals surface area contributed by atoms with Gasteiger partial charge in [-0.05, 0) is 30.7 Å². The van der Waals surface area contributed by atoms with E-state index in [1.807, 2.05) is 13.8 Å². The van der Waals surface area contributed by atoms with Gasteiger partial charge in [0.25, 0.3) is 0 Å². The van der Waals surface area contributed by atoms with Crippen LogP contribution in [0.1, 0.15) is 45.6 Å². The van der Waals surface area contributed by atoms with Crippen LogP contribution in [0.4, 0.5) is 0 Å². The van der Waals surface area contributed by atoms with Crippen LogP contribution in [0.15, 0.2) is 23.0 Å². The van der Waals surface area contributed by atoms with E-state index in [4.69, 9.17) is 4.42 Å². The predicted molar refractivity (Wildman–Crippen MR) is 69.0 cm³/mol. The van der Waals surface area contributed by atoms with Gasteiger partial charge in [-0.3, -0.25) is 4.79 Å². The lowest BCUT2D eigenvalue weighted by atomic mass is 9.77. The van der Waals surface area contributed by atoms with Gasteiger partial charge in [0, 0.05) is 12.0 Å². The number of ketones is 1. The molecule has 0 unspecified atom stereocenters. The van der Waals surface area contributed by atoms with Crippen LogP contribution in [0.25, 0.3) is 0 Å². The Hall–Kier alpha value is -1.09. The molecule has 3 atom stereocenters. The molecule has 1 saturated carbocycles. The second-order valence-electron chi connectivity index (χ2n) is 5.99. The van der Waals surface area contributed by atoms with E-state index in [1.165, 1.54) is 0 Å². The Bertz CT molecular complexity index is 407. The fraction of sp³-hybridized carbons (Fsp3) is 0.667. The van der Waals surface area contributed by atoms with Crippen molar-refractivity contribution in [3.05, 3.63) is 24.2 Å². The van der Waals surface area contributed by atoms with Crippen LogP contribution in [-0.4, -0.2) is 10.9 Å². The quantitative estimate of drug-likeness (QED) is 0.893. The molecular formula is C15H22O3. The van der Waals surface area contributed by atoms with E-state index in [0.717, 1.165) is 12.0 Å². The molecule has 1 fully saturated rings. The van der Waals surface area contributed by atoms with Crippen molar-refractivity contribution in [2.45, 2.75) is 45.6 Å². The first-order valence-electron chi connectivity index (χ1n) is 6.73. The van der Waals surface area contributed by atoms with E-state index in [0.29, 0.717) is 18.8 Å². The minimum atomic E-state index is -1.03. The molecule has 0 bridgehead atoms. The molecule has 0 radical (unpaired) electrons. The van der Waals surface area contributed by atoms with Gasteiger partial charge in [-0.15, -0.1) is 0 Å². The van der Waals surface area contributed by atoms with Crippen molar-refractivity contribution in [3.8, 4) is 0 Å². The number of furan rings is 1. The van der Waals surface area contributed by atoms with Crippen molar-refractivity contribution in [3.63, 3.8) is 0 Å². The summed E-state index contributed by atoms with van der Waals surface area (Å²) >= 11 is 0. The standard InChI is InChI=1S/C15H22O3/c1-10(2)8-13(16)14-11(3)4-6-15(14,17)12-5-7-18-9-12/h5,7,9-11,14,17H,4,6,8H2,1-3H3/t11-,14-,15+/m1/s1. The van der Waals surface area contributed by atoms with Gasteiger partial charge in [-0.1, -0.05) is 20.8 Å². The highest BCUT2D eigenvalue weighted by Crippen LogP contribution is 2.48. The third-order valence-electron chi connectivity index (χ3n) is 4.04. The fourth-order valence-corrected chi connectivity index (χ4v) is 3.19. The molecular weight excluding hydrogens is 228 g/mol. The molecule has 1 heterocycles. The van der Waals surface area contributed by atoms with E-state index in [-0.39, 0.29) is 17.6 Å². The number of carbonyl (C=O) groups is 1. The second-order valence-corrected chi connectivity index (χ2v) is 5.99. The number of hydrogen-bond donors (Lipinski definition) is 1. The van der Waals surface area contributed by atoms with Crippen LogP contribution in [-0.2, 0) is 10.4 Å². The highest BCUT2D eigenvalue weighted by molar-refractivity contribution is 5.83. The summed E-state index contributed by atoms with van der Waals surface area (Å²) in [6, 6.07) is 1.77. The first kappa shape index (κ1) is 13.3. The maximum atomic E-state index is 12.4. The van der Waals surface area contributed by atoms with Crippen molar-refractivity contribution >= 4 is 5.78 Å². The molecule has 1 aliphatic rings. The van der Waals surface area contributed by atoms with Crippen LogP contribution in [0.2, 0.25) is 0 Å². The van der Waals surface area contributed by atoms with Gasteiger partial charge in [-0.2, -0.15) is 0 Å². The van der Waals surface area contributed by atoms with Crippen molar-refractivity contribution in [2.24, 2.45) is 17.8 Å². The minimum absolute atomic E-state index is 0.179. The molecule has 1 aromatic heterocycles. The number of carbonyl (C=O) groups excluding carboxylic acids is 1. The van der Waals surface area contributed by atoms with E-state index in [9.17, 15) is 9.90 Å². The first-order valence-corrected chi connectivity index (χ1v) is 6.73. The SMILES string of the molecule is CC(C)CC(=O)[C@H]1[C@H](C)CC[C@]1(O)c1ccoc1. The number of aliphatic hydroxyl groups is 1. The van der Waals surface area contributed by atoms with E-state index < -0.39 is 5.60 Å². The van der Waals surface area contributed by atoms with Gasteiger partial charge in [0.15, 0.2) is 0 Å². The summed E-state index contributed by atoms with van der Waals surface area (Å²) in [5.74, 6) is 0.450. The molecule has 1 N–H and O–H groups in total. The van der Waals surface area contributed by atoms with E-state index in [2.05, 4.69) is 6.92 Å². The normalized spacial score (nSPS) is 32.1. The lowest BCUT2D eigenvalue weighted by Gasteiger charge is -2.30. The highest BCUT2D eigenvalue weighted by atomic mass is 16.3. The third-order valence-corrected chi connectivity index (χ3v) is 4.04. The first-order chi connectivity index (χ1) is 8.45. The van der Waals surface area contributed by atoms with Gasteiger partial charge < -0.3 is 9.52 Å². The number of Topliss-reactive ketones (excluding diaryl/α,β-unsaturated/α-hetero) is 1. The molecule has 0 amide bonds. The zero-order chi connectivity index (χ0) is 13.3. The van der Waals surface area contributed by atoms with Crippen molar-refractivity contribution in [2.75, 3.05) is 0 Å². The molecule has 100 valence electrons. The van der Waals surface area contributed by atoms with E-state index >= 15 is 0 Å². The molecule has 1 aromatic rings. The maximum absolute atomic E-state index is 12.4. The predicted octanol–water partition coefficient (Wildman–Crippen LogP) is 3.13. The molecule has 3 heteroatoms. The summed E-state index contributed by atoms with van der Waals surface area (Å²) in [6.07, 6.45) is 5.18. The molecule has 2 rings (SSSR count).